The molecule has 1 aliphatic heterocycles. The zero-order valence-electron chi connectivity index (χ0n) is 14.4. The van der Waals surface area contributed by atoms with Gasteiger partial charge in [-0.1, -0.05) is 0 Å². The number of hydrogen-bond donors (Lipinski definition) is 1. The van der Waals surface area contributed by atoms with E-state index in [1.165, 1.54) is 4.88 Å². The summed E-state index contributed by atoms with van der Waals surface area (Å²) in [7, 11) is 1.83. The van der Waals surface area contributed by atoms with Gasteiger partial charge in [-0.15, -0.1) is 11.3 Å². The summed E-state index contributed by atoms with van der Waals surface area (Å²) < 4.78 is 0. The standard InChI is InChI=1S/C16H23N7S/c1-12-13(2)24-14(21-12)11-20-15(17-3)22-7-9-23(10-8-22)16-18-5-4-6-19-16/h4-6H,7-11H2,1-3H3,(H,17,20). The number of anilines is 1. The van der Waals surface area contributed by atoms with Gasteiger partial charge in [0.2, 0.25) is 5.95 Å². The van der Waals surface area contributed by atoms with Crippen molar-refractivity contribution in [3.05, 3.63) is 34.0 Å². The molecular formula is C16H23N7S. The van der Waals surface area contributed by atoms with E-state index in [1.54, 1.807) is 23.7 Å². The van der Waals surface area contributed by atoms with Crippen molar-refractivity contribution < 1.29 is 0 Å². The smallest absolute Gasteiger partial charge is 0.225 e. The largest absolute Gasteiger partial charge is 0.350 e. The van der Waals surface area contributed by atoms with E-state index < -0.39 is 0 Å². The Labute approximate surface area is 146 Å². The summed E-state index contributed by atoms with van der Waals surface area (Å²) in [6.45, 7) is 8.45. The van der Waals surface area contributed by atoms with Gasteiger partial charge in [-0.2, -0.15) is 0 Å². The van der Waals surface area contributed by atoms with Gasteiger partial charge in [-0.05, 0) is 19.9 Å². The Bertz CT molecular complexity index is 670. The van der Waals surface area contributed by atoms with Crippen molar-refractivity contribution >= 4 is 23.2 Å². The summed E-state index contributed by atoms with van der Waals surface area (Å²) in [6.07, 6.45) is 3.57. The zero-order valence-corrected chi connectivity index (χ0v) is 15.2. The normalized spacial score (nSPS) is 15.7. The Hall–Kier alpha value is -2.22. The van der Waals surface area contributed by atoms with Gasteiger partial charge in [0.25, 0.3) is 0 Å². The first-order valence-corrected chi connectivity index (χ1v) is 8.89. The molecule has 0 bridgehead atoms. The van der Waals surface area contributed by atoms with Gasteiger partial charge in [0.15, 0.2) is 5.96 Å². The summed E-state index contributed by atoms with van der Waals surface area (Å²) in [5.41, 5.74) is 1.11. The van der Waals surface area contributed by atoms with E-state index in [9.17, 15) is 0 Å². The molecule has 3 heterocycles. The van der Waals surface area contributed by atoms with Crippen molar-refractivity contribution in [3.63, 3.8) is 0 Å². The van der Waals surface area contributed by atoms with Gasteiger partial charge in [-0.3, -0.25) is 4.99 Å². The second-order valence-electron chi connectivity index (χ2n) is 5.67. The van der Waals surface area contributed by atoms with Crippen LogP contribution >= 0.6 is 11.3 Å². The monoisotopic (exact) mass is 345 g/mol. The minimum atomic E-state index is 0.716. The van der Waals surface area contributed by atoms with Gasteiger partial charge in [0.05, 0.1) is 12.2 Å². The molecule has 0 spiro atoms. The van der Waals surface area contributed by atoms with Crippen LogP contribution in [0.1, 0.15) is 15.6 Å². The molecule has 1 aliphatic rings. The number of hydrogen-bond acceptors (Lipinski definition) is 6. The molecule has 1 fully saturated rings. The molecule has 1 saturated heterocycles. The van der Waals surface area contributed by atoms with Crippen molar-refractivity contribution in [2.45, 2.75) is 20.4 Å². The first kappa shape index (κ1) is 16.6. The molecule has 0 saturated carbocycles. The fraction of sp³-hybridized carbons (Fsp3) is 0.500. The molecule has 0 aromatic carbocycles. The number of aliphatic imine (C=N–C) groups is 1. The number of thiazole rings is 1. The summed E-state index contributed by atoms with van der Waals surface area (Å²) in [5.74, 6) is 1.72. The van der Waals surface area contributed by atoms with Crippen LogP contribution in [0.25, 0.3) is 0 Å². The van der Waals surface area contributed by atoms with E-state index in [0.717, 1.165) is 48.8 Å². The minimum absolute atomic E-state index is 0.716. The predicted molar refractivity (Wildman–Crippen MR) is 97.6 cm³/mol. The van der Waals surface area contributed by atoms with Gasteiger partial charge in [0, 0.05) is 50.5 Å². The third-order valence-electron chi connectivity index (χ3n) is 4.10. The molecule has 0 amide bonds. The molecule has 7 nitrogen and oxygen atoms in total. The van der Waals surface area contributed by atoms with Gasteiger partial charge in [-0.25, -0.2) is 15.0 Å². The van der Waals surface area contributed by atoms with E-state index in [-0.39, 0.29) is 0 Å². The number of aryl methyl sites for hydroxylation is 2. The summed E-state index contributed by atoms with van der Waals surface area (Å²) in [6, 6.07) is 1.84. The molecule has 1 N–H and O–H groups in total. The first-order chi connectivity index (χ1) is 11.7. The van der Waals surface area contributed by atoms with Crippen molar-refractivity contribution in [3.8, 4) is 0 Å². The Morgan fingerprint density at radius 2 is 1.92 bits per heavy atom. The van der Waals surface area contributed by atoms with E-state index in [0.29, 0.717) is 6.54 Å². The maximum Gasteiger partial charge on any atom is 0.225 e. The van der Waals surface area contributed by atoms with Crippen LogP contribution in [0.5, 0.6) is 0 Å². The van der Waals surface area contributed by atoms with Crippen molar-refractivity contribution in [2.24, 2.45) is 4.99 Å². The summed E-state index contributed by atoms with van der Waals surface area (Å²) >= 11 is 1.74. The lowest BCUT2D eigenvalue weighted by Crippen LogP contribution is -2.52. The number of aromatic nitrogens is 3. The van der Waals surface area contributed by atoms with Crippen LogP contribution in [-0.4, -0.2) is 59.0 Å². The number of piperazine rings is 1. The highest BCUT2D eigenvalue weighted by Gasteiger charge is 2.21. The highest BCUT2D eigenvalue weighted by atomic mass is 32.1. The SMILES string of the molecule is CN=C(NCc1nc(C)c(C)s1)N1CCN(c2ncccn2)CC1. The fourth-order valence-corrected chi connectivity index (χ4v) is 3.55. The summed E-state index contributed by atoms with van der Waals surface area (Å²) in [5, 5.41) is 4.52. The van der Waals surface area contributed by atoms with Gasteiger partial charge < -0.3 is 15.1 Å². The molecular weight excluding hydrogens is 322 g/mol. The maximum absolute atomic E-state index is 4.57. The second-order valence-corrected chi connectivity index (χ2v) is 6.96. The second kappa shape index (κ2) is 7.57. The quantitative estimate of drug-likeness (QED) is 0.671. The Morgan fingerprint density at radius 3 is 2.50 bits per heavy atom. The average Bonchev–Trinajstić information content (AvgIpc) is 2.95. The average molecular weight is 345 g/mol. The van der Waals surface area contributed by atoms with Crippen LogP contribution in [0.2, 0.25) is 0 Å². The highest BCUT2D eigenvalue weighted by Crippen LogP contribution is 2.16. The lowest BCUT2D eigenvalue weighted by atomic mass is 10.3. The van der Waals surface area contributed by atoms with Crippen LogP contribution in [0.3, 0.4) is 0 Å². The minimum Gasteiger partial charge on any atom is -0.350 e. The molecule has 3 rings (SSSR count). The third kappa shape index (κ3) is 3.81. The van der Waals surface area contributed by atoms with E-state index in [2.05, 4.69) is 48.9 Å². The number of nitrogens with zero attached hydrogens (tertiary/aromatic N) is 6. The van der Waals surface area contributed by atoms with E-state index in [1.807, 2.05) is 13.1 Å². The lowest BCUT2D eigenvalue weighted by molar-refractivity contribution is 0.370. The number of rotatable bonds is 3. The van der Waals surface area contributed by atoms with Crippen LogP contribution in [0.15, 0.2) is 23.5 Å². The third-order valence-corrected chi connectivity index (χ3v) is 5.17. The molecule has 0 unspecified atom stereocenters. The van der Waals surface area contributed by atoms with Crippen molar-refractivity contribution in [1.29, 1.82) is 0 Å². The molecule has 0 aliphatic carbocycles. The van der Waals surface area contributed by atoms with Gasteiger partial charge in [0.1, 0.15) is 5.01 Å². The fourth-order valence-electron chi connectivity index (χ4n) is 2.67. The molecule has 2 aromatic rings. The van der Waals surface area contributed by atoms with E-state index in [4.69, 9.17) is 0 Å². The lowest BCUT2D eigenvalue weighted by Gasteiger charge is -2.36. The molecule has 0 atom stereocenters. The van der Waals surface area contributed by atoms with E-state index >= 15 is 0 Å². The molecule has 24 heavy (non-hydrogen) atoms. The van der Waals surface area contributed by atoms with Crippen LogP contribution in [0, 0.1) is 13.8 Å². The van der Waals surface area contributed by atoms with Crippen LogP contribution in [-0.2, 0) is 6.54 Å². The Balaban J connectivity index is 1.54. The topological polar surface area (TPSA) is 69.5 Å². The van der Waals surface area contributed by atoms with Crippen LogP contribution < -0.4 is 10.2 Å². The number of nitrogens with one attached hydrogen (secondary N) is 1. The zero-order chi connectivity index (χ0) is 16.9. The molecule has 2 aromatic heterocycles. The van der Waals surface area contributed by atoms with Crippen LogP contribution in [0.4, 0.5) is 5.95 Å². The van der Waals surface area contributed by atoms with Crippen molar-refractivity contribution in [1.82, 2.24) is 25.2 Å². The molecule has 8 heteroatoms. The first-order valence-electron chi connectivity index (χ1n) is 8.08. The van der Waals surface area contributed by atoms with Gasteiger partial charge >= 0.3 is 0 Å². The highest BCUT2D eigenvalue weighted by molar-refractivity contribution is 7.11. The Kier molecular flexibility index (Phi) is 5.24. The summed E-state index contributed by atoms with van der Waals surface area (Å²) in [4.78, 5) is 23.4. The molecule has 0 radical (unpaired) electrons. The number of guanidine groups is 1. The molecule has 128 valence electrons. The maximum atomic E-state index is 4.57. The van der Waals surface area contributed by atoms with Crippen molar-refractivity contribution in [2.75, 3.05) is 38.1 Å². The predicted octanol–water partition coefficient (Wildman–Crippen LogP) is 1.45. The Morgan fingerprint density at radius 1 is 1.21 bits per heavy atom.